The molecular weight excluding hydrogens is 588 g/mol. The molecule has 1 heterocycles. The van der Waals surface area contributed by atoms with Crippen LogP contribution in [0.25, 0.3) is 0 Å². The number of ether oxygens (including phenoxy) is 1. The molecule has 234 valence electrons. The van der Waals surface area contributed by atoms with Crippen LogP contribution in [-0.4, -0.2) is 55.7 Å². The van der Waals surface area contributed by atoms with Crippen molar-refractivity contribution >= 4 is 33.3 Å². The summed E-state index contributed by atoms with van der Waals surface area (Å²) < 4.78 is 30.3. The fraction of sp³-hybridized carbons (Fsp3) is 0.545. The Morgan fingerprint density at radius 3 is 2.72 bits per heavy atom. The van der Waals surface area contributed by atoms with E-state index in [1.165, 1.54) is 11.1 Å². The number of aryl methyl sites for hydroxylation is 1. The molecule has 2 aromatic carbocycles. The van der Waals surface area contributed by atoms with Crippen LogP contribution in [0.4, 0.5) is 5.69 Å². The number of carboxylic acid groups (broad SMARTS) is 1. The Kier molecular flexibility index (Phi) is 9.47. The molecule has 2 aromatic rings. The third-order valence-electron chi connectivity index (χ3n) is 9.95. The molecule has 0 aromatic heterocycles. The van der Waals surface area contributed by atoms with Crippen molar-refractivity contribution in [3.63, 3.8) is 0 Å². The molecule has 2 aliphatic carbocycles. The number of hydrogen-bond acceptors (Lipinski definition) is 6. The lowest BCUT2D eigenvalue weighted by molar-refractivity contribution is 0.0455. The molecule has 0 bridgehead atoms. The molecule has 1 aliphatic heterocycles. The molecular formula is C33H43ClN2O6S. The number of fused-ring (bicyclic) bond motifs is 3. The average molecular weight is 631 g/mol. The van der Waals surface area contributed by atoms with Gasteiger partial charge in [-0.15, -0.1) is 0 Å². The minimum Gasteiger partial charge on any atom is -0.490 e. The Bertz CT molecular complexity index is 1480. The summed E-state index contributed by atoms with van der Waals surface area (Å²) in [5.41, 5.74) is 3.20. The van der Waals surface area contributed by atoms with Crippen molar-refractivity contribution in [3.05, 3.63) is 70.3 Å². The minimum absolute atomic E-state index is 0.0513. The van der Waals surface area contributed by atoms with Gasteiger partial charge in [0.25, 0.3) is 0 Å². The second-order valence-electron chi connectivity index (χ2n) is 12.8. The fourth-order valence-corrected chi connectivity index (χ4v) is 8.90. The quantitative estimate of drug-likeness (QED) is 0.294. The molecule has 0 saturated heterocycles. The summed E-state index contributed by atoms with van der Waals surface area (Å²) in [4.78, 5) is 14.2. The molecule has 0 radical (unpaired) electrons. The van der Waals surface area contributed by atoms with Crippen LogP contribution in [0, 0.1) is 17.8 Å². The van der Waals surface area contributed by atoms with Gasteiger partial charge in [-0.05, 0) is 104 Å². The number of benzene rings is 2. The highest BCUT2D eigenvalue weighted by atomic mass is 35.5. The number of aliphatic hydroxyl groups is 1. The van der Waals surface area contributed by atoms with Crippen LogP contribution in [0.2, 0.25) is 5.02 Å². The third kappa shape index (κ3) is 6.75. The van der Waals surface area contributed by atoms with Gasteiger partial charge in [0.15, 0.2) is 0 Å². The van der Waals surface area contributed by atoms with Gasteiger partial charge in [-0.1, -0.05) is 43.7 Å². The predicted molar refractivity (Wildman–Crippen MR) is 170 cm³/mol. The van der Waals surface area contributed by atoms with Crippen LogP contribution >= 0.6 is 11.6 Å². The van der Waals surface area contributed by atoms with Crippen molar-refractivity contribution in [1.29, 1.82) is 0 Å². The van der Waals surface area contributed by atoms with E-state index in [1.807, 2.05) is 26.0 Å². The maximum atomic E-state index is 11.9. The van der Waals surface area contributed by atoms with E-state index in [2.05, 4.69) is 17.0 Å². The summed E-state index contributed by atoms with van der Waals surface area (Å²) in [6, 6.07) is 11.2. The second-order valence-corrected chi connectivity index (χ2v) is 15.0. The number of carboxylic acids is 1. The smallest absolute Gasteiger partial charge is 0.335 e. The van der Waals surface area contributed by atoms with E-state index >= 15 is 0 Å². The van der Waals surface area contributed by atoms with E-state index in [-0.39, 0.29) is 28.7 Å². The summed E-state index contributed by atoms with van der Waals surface area (Å²) in [5, 5.41) is 26.4. The van der Waals surface area contributed by atoms with Gasteiger partial charge in [-0.2, -0.15) is 0 Å². The zero-order chi connectivity index (χ0) is 30.9. The standard InChI is InChI=1S/C33H43ClN2O6S/c1-3-31(43(35,40)41)21(2)6-4-8-29(37)26-12-9-24(26)18-36-19-33(15-5-7-22-16-25(34)11-13-27(22)33)20-42-30-14-10-23(32(38)39)17-28(30)36/h4,8,10-11,13-14,16-17,21,24,26,29,31,37H,3,5-7,9,12,15,18-20H2,1-2H3,(H,38,39)(H2,35,40,41)/t21-,24-,26+,29-,31+,33-/m0/s1. The Labute approximate surface area is 259 Å². The van der Waals surface area contributed by atoms with Crippen molar-refractivity contribution < 1.29 is 28.2 Å². The number of nitrogens with two attached hydrogens (primary N) is 1. The van der Waals surface area contributed by atoms with E-state index < -0.39 is 27.3 Å². The normalized spacial score (nSPS) is 25.7. The van der Waals surface area contributed by atoms with E-state index in [1.54, 1.807) is 24.3 Å². The molecule has 0 amide bonds. The van der Waals surface area contributed by atoms with Gasteiger partial charge in [-0.3, -0.25) is 0 Å². The number of primary sulfonamides is 1. The Morgan fingerprint density at radius 2 is 2.05 bits per heavy atom. The number of rotatable bonds is 10. The van der Waals surface area contributed by atoms with Gasteiger partial charge < -0.3 is 19.8 Å². The number of allylic oxidation sites excluding steroid dienone is 1. The molecule has 8 nitrogen and oxygen atoms in total. The maximum Gasteiger partial charge on any atom is 0.335 e. The first-order chi connectivity index (χ1) is 20.4. The zero-order valence-electron chi connectivity index (χ0n) is 24.9. The van der Waals surface area contributed by atoms with Crippen molar-refractivity contribution in [3.8, 4) is 5.75 Å². The summed E-state index contributed by atoms with van der Waals surface area (Å²) in [6.45, 7) is 5.53. The Balaban J connectivity index is 1.37. The zero-order valence-corrected chi connectivity index (χ0v) is 26.5. The highest BCUT2D eigenvalue weighted by Crippen LogP contribution is 2.46. The van der Waals surface area contributed by atoms with Gasteiger partial charge >= 0.3 is 5.97 Å². The number of sulfonamides is 1. The number of anilines is 1. The molecule has 1 spiro atoms. The molecule has 10 heteroatoms. The van der Waals surface area contributed by atoms with E-state index in [9.17, 15) is 23.4 Å². The molecule has 43 heavy (non-hydrogen) atoms. The number of carbonyl (C=O) groups is 1. The number of aromatic carboxylic acids is 1. The van der Waals surface area contributed by atoms with E-state index in [0.717, 1.165) is 42.8 Å². The molecule has 3 aliphatic rings. The van der Waals surface area contributed by atoms with Crippen molar-refractivity contribution in [2.24, 2.45) is 22.9 Å². The van der Waals surface area contributed by atoms with Gasteiger partial charge in [0, 0.05) is 23.5 Å². The van der Waals surface area contributed by atoms with Crippen LogP contribution in [0.15, 0.2) is 48.6 Å². The number of hydrogen-bond donors (Lipinski definition) is 3. The number of aliphatic hydroxyl groups excluding tert-OH is 1. The van der Waals surface area contributed by atoms with Crippen LogP contribution in [0.3, 0.4) is 0 Å². The van der Waals surface area contributed by atoms with Crippen molar-refractivity contribution in [2.75, 3.05) is 24.6 Å². The lowest BCUT2D eigenvalue weighted by Crippen LogP contribution is -2.49. The maximum absolute atomic E-state index is 11.9. The summed E-state index contributed by atoms with van der Waals surface area (Å²) in [7, 11) is -3.62. The molecule has 6 atom stereocenters. The first-order valence-corrected chi connectivity index (χ1v) is 17.3. The number of nitrogens with zero attached hydrogens (tertiary/aromatic N) is 1. The lowest BCUT2D eigenvalue weighted by atomic mass is 9.68. The largest absolute Gasteiger partial charge is 0.490 e. The molecule has 1 fully saturated rings. The Hall–Kier alpha value is -2.59. The van der Waals surface area contributed by atoms with Gasteiger partial charge in [0.1, 0.15) is 5.75 Å². The van der Waals surface area contributed by atoms with Gasteiger partial charge in [0.05, 0.1) is 29.2 Å². The van der Waals surface area contributed by atoms with Gasteiger partial charge in [0.2, 0.25) is 10.0 Å². The summed E-state index contributed by atoms with van der Waals surface area (Å²) in [6.07, 6.45) is 8.77. The third-order valence-corrected chi connectivity index (χ3v) is 11.8. The molecule has 1 saturated carbocycles. The predicted octanol–water partition coefficient (Wildman–Crippen LogP) is 5.55. The SMILES string of the molecule is CC[C@H]([C@@H](C)CC=C[C@H](O)[C@@H]1CC[C@H]1CN1C[C@@]2(CCCc3cc(Cl)ccc32)COc2ccc(C(=O)O)cc21)S(N)(=O)=O. The average Bonchev–Trinajstić information content (AvgIpc) is 3.07. The summed E-state index contributed by atoms with van der Waals surface area (Å²) >= 11 is 6.36. The van der Waals surface area contributed by atoms with E-state index in [4.69, 9.17) is 21.5 Å². The first kappa shape index (κ1) is 31.8. The number of halogens is 1. The monoisotopic (exact) mass is 630 g/mol. The highest BCUT2D eigenvalue weighted by molar-refractivity contribution is 7.89. The summed E-state index contributed by atoms with van der Waals surface area (Å²) in [5.74, 6) is -0.204. The van der Waals surface area contributed by atoms with Crippen LogP contribution in [-0.2, 0) is 21.9 Å². The molecule has 4 N–H and O–H groups in total. The fourth-order valence-electron chi connectivity index (χ4n) is 7.49. The Morgan fingerprint density at radius 1 is 1.26 bits per heavy atom. The van der Waals surface area contributed by atoms with Gasteiger partial charge in [-0.25, -0.2) is 18.4 Å². The van der Waals surface area contributed by atoms with Crippen molar-refractivity contribution in [2.45, 2.75) is 75.6 Å². The highest BCUT2D eigenvalue weighted by Gasteiger charge is 2.44. The van der Waals surface area contributed by atoms with E-state index in [0.29, 0.717) is 38.3 Å². The lowest BCUT2D eigenvalue weighted by Gasteiger charge is -2.45. The van der Waals surface area contributed by atoms with Crippen LogP contribution in [0.5, 0.6) is 5.75 Å². The minimum atomic E-state index is -3.62. The van der Waals surface area contributed by atoms with Crippen LogP contribution in [0.1, 0.15) is 73.9 Å². The second kappa shape index (κ2) is 12.8. The topological polar surface area (TPSA) is 130 Å². The first-order valence-electron chi connectivity index (χ1n) is 15.3. The molecule has 5 rings (SSSR count). The van der Waals surface area contributed by atoms with Crippen molar-refractivity contribution in [1.82, 2.24) is 0 Å². The van der Waals surface area contributed by atoms with Crippen LogP contribution < -0.4 is 14.8 Å². The molecule has 0 unspecified atom stereocenters.